The molecule has 0 aliphatic carbocycles. The first-order valence-electron chi connectivity index (χ1n) is 11.1. The van der Waals surface area contributed by atoms with Gasteiger partial charge in [0.25, 0.3) is 0 Å². The Morgan fingerprint density at radius 1 is 1.06 bits per heavy atom. The highest BCUT2D eigenvalue weighted by atomic mass is 16.6. The average molecular weight is 453 g/mol. The molecule has 2 aromatic carbocycles. The molecule has 0 aliphatic heterocycles. The topological polar surface area (TPSA) is 78.8 Å². The number of carbonyl (C=O) groups excluding carboxylic acids is 2. The lowest BCUT2D eigenvalue weighted by Gasteiger charge is -2.22. The molecular formula is C26H32N2O5. The van der Waals surface area contributed by atoms with Gasteiger partial charge in [0.1, 0.15) is 23.7 Å². The van der Waals surface area contributed by atoms with Gasteiger partial charge in [-0.1, -0.05) is 30.3 Å². The van der Waals surface area contributed by atoms with Crippen LogP contribution < -0.4 is 10.1 Å². The van der Waals surface area contributed by atoms with Gasteiger partial charge in [0, 0.05) is 23.5 Å². The Bertz CT molecular complexity index is 1100. The number of ether oxygens (including phenoxy) is 3. The predicted molar refractivity (Wildman–Crippen MR) is 128 cm³/mol. The Labute approximate surface area is 194 Å². The van der Waals surface area contributed by atoms with Crippen molar-refractivity contribution in [2.75, 3.05) is 6.61 Å². The minimum atomic E-state index is -0.587. The molecule has 0 saturated carbocycles. The van der Waals surface area contributed by atoms with Gasteiger partial charge in [0.05, 0.1) is 6.61 Å². The van der Waals surface area contributed by atoms with Gasteiger partial charge >= 0.3 is 12.1 Å². The third-order valence-corrected chi connectivity index (χ3v) is 4.83. The maximum Gasteiger partial charge on any atom is 0.407 e. The molecule has 0 saturated heterocycles. The van der Waals surface area contributed by atoms with Gasteiger partial charge in [0.15, 0.2) is 0 Å². The number of alkyl carbamates (subject to hydrolysis) is 1. The molecule has 0 unspecified atom stereocenters. The number of hydrogen-bond acceptors (Lipinski definition) is 5. The molecule has 0 bridgehead atoms. The minimum absolute atomic E-state index is 0.275. The summed E-state index contributed by atoms with van der Waals surface area (Å²) in [5.41, 5.74) is 1.76. The molecule has 0 fully saturated rings. The van der Waals surface area contributed by atoms with Gasteiger partial charge in [-0.05, 0) is 64.4 Å². The maximum atomic E-state index is 12.6. The van der Waals surface area contributed by atoms with Crippen LogP contribution in [0.2, 0.25) is 0 Å². The molecule has 176 valence electrons. The van der Waals surface area contributed by atoms with Gasteiger partial charge in [-0.15, -0.1) is 0 Å². The van der Waals surface area contributed by atoms with Gasteiger partial charge in [0.2, 0.25) is 0 Å². The smallest absolute Gasteiger partial charge is 0.407 e. The van der Waals surface area contributed by atoms with Crippen molar-refractivity contribution in [1.29, 1.82) is 0 Å². The van der Waals surface area contributed by atoms with Crippen LogP contribution >= 0.6 is 0 Å². The lowest BCUT2D eigenvalue weighted by molar-refractivity contribution is 0.0504. The third-order valence-electron chi connectivity index (χ3n) is 4.83. The van der Waals surface area contributed by atoms with Crippen LogP contribution in [0.1, 0.15) is 50.7 Å². The normalized spacial score (nSPS) is 12.3. The number of esters is 1. The third kappa shape index (κ3) is 6.75. The van der Waals surface area contributed by atoms with E-state index in [-0.39, 0.29) is 12.6 Å². The van der Waals surface area contributed by atoms with Crippen molar-refractivity contribution in [2.45, 2.75) is 59.4 Å². The summed E-state index contributed by atoms with van der Waals surface area (Å²) in [5, 5.41) is 3.68. The Morgan fingerprint density at radius 3 is 2.45 bits per heavy atom. The molecule has 1 N–H and O–H groups in total. The van der Waals surface area contributed by atoms with Crippen molar-refractivity contribution in [3.05, 3.63) is 65.9 Å². The Morgan fingerprint density at radius 2 is 1.79 bits per heavy atom. The summed E-state index contributed by atoms with van der Waals surface area (Å²) >= 11 is 0. The van der Waals surface area contributed by atoms with Crippen molar-refractivity contribution in [3.8, 4) is 5.75 Å². The van der Waals surface area contributed by atoms with E-state index in [2.05, 4.69) is 5.32 Å². The standard InChI is InChI=1S/C26H32N2O5/c1-6-31-24(29)23-15-20-14-21(32-17-19-10-8-7-9-11-19)12-13-22(20)28(23)16-18(2)27-25(30)33-26(3,4)5/h7-15,18H,6,16-17H2,1-5H3,(H,27,30)/t18-/m0/s1. The minimum Gasteiger partial charge on any atom is -0.489 e. The maximum absolute atomic E-state index is 12.6. The number of nitrogens with one attached hydrogen (secondary N) is 1. The predicted octanol–water partition coefficient (Wildman–Crippen LogP) is 5.31. The molecular weight excluding hydrogens is 420 g/mol. The molecule has 1 amide bonds. The number of fused-ring (bicyclic) bond motifs is 1. The van der Waals surface area contributed by atoms with Crippen molar-refractivity contribution in [1.82, 2.24) is 9.88 Å². The van der Waals surface area contributed by atoms with E-state index in [1.165, 1.54) is 0 Å². The first-order valence-corrected chi connectivity index (χ1v) is 11.1. The van der Waals surface area contributed by atoms with E-state index in [9.17, 15) is 9.59 Å². The van der Waals surface area contributed by atoms with E-state index in [1.807, 2.05) is 80.8 Å². The van der Waals surface area contributed by atoms with Crippen LogP contribution in [0, 0.1) is 0 Å². The number of amides is 1. The molecule has 0 aliphatic rings. The van der Waals surface area contributed by atoms with Crippen LogP contribution in [0.3, 0.4) is 0 Å². The molecule has 1 heterocycles. The van der Waals surface area contributed by atoms with E-state index >= 15 is 0 Å². The molecule has 3 rings (SSSR count). The van der Waals surface area contributed by atoms with E-state index < -0.39 is 17.7 Å². The van der Waals surface area contributed by atoms with Gasteiger partial charge < -0.3 is 24.1 Å². The fraction of sp³-hybridized carbons (Fsp3) is 0.385. The summed E-state index contributed by atoms with van der Waals surface area (Å²) in [6, 6.07) is 17.1. The summed E-state index contributed by atoms with van der Waals surface area (Å²) in [6.07, 6.45) is -0.499. The highest BCUT2D eigenvalue weighted by Crippen LogP contribution is 2.26. The van der Waals surface area contributed by atoms with E-state index in [1.54, 1.807) is 13.0 Å². The van der Waals surface area contributed by atoms with E-state index in [0.29, 0.717) is 24.6 Å². The van der Waals surface area contributed by atoms with Crippen LogP contribution in [0.5, 0.6) is 5.75 Å². The first-order chi connectivity index (χ1) is 15.7. The number of nitrogens with zero attached hydrogens (tertiary/aromatic N) is 1. The molecule has 7 heteroatoms. The second-order valence-electron chi connectivity index (χ2n) is 8.90. The highest BCUT2D eigenvalue weighted by molar-refractivity contribution is 5.96. The molecule has 1 aromatic heterocycles. The summed E-state index contributed by atoms with van der Waals surface area (Å²) in [4.78, 5) is 24.8. The van der Waals surface area contributed by atoms with Crippen molar-refractivity contribution in [3.63, 3.8) is 0 Å². The number of benzene rings is 2. The van der Waals surface area contributed by atoms with Crippen molar-refractivity contribution >= 4 is 23.0 Å². The highest BCUT2D eigenvalue weighted by Gasteiger charge is 2.21. The van der Waals surface area contributed by atoms with E-state index in [0.717, 1.165) is 16.5 Å². The molecule has 3 aromatic rings. The Balaban J connectivity index is 1.82. The average Bonchev–Trinajstić information content (AvgIpc) is 3.09. The summed E-state index contributed by atoms with van der Waals surface area (Å²) < 4.78 is 18.4. The molecule has 33 heavy (non-hydrogen) atoms. The Kier molecular flexibility index (Phi) is 7.63. The number of hydrogen-bond donors (Lipinski definition) is 1. The summed E-state index contributed by atoms with van der Waals surface area (Å²) in [5.74, 6) is 0.295. The Hall–Kier alpha value is -3.48. The van der Waals surface area contributed by atoms with Gasteiger partial charge in [-0.3, -0.25) is 0 Å². The van der Waals surface area contributed by atoms with Crippen LogP contribution in [-0.4, -0.2) is 34.9 Å². The monoisotopic (exact) mass is 452 g/mol. The number of aromatic nitrogens is 1. The molecule has 1 atom stereocenters. The van der Waals surface area contributed by atoms with Crippen molar-refractivity contribution < 1.29 is 23.8 Å². The SMILES string of the molecule is CCOC(=O)c1cc2cc(OCc3ccccc3)ccc2n1C[C@H](C)NC(=O)OC(C)(C)C. The molecule has 0 spiro atoms. The molecule has 7 nitrogen and oxygen atoms in total. The van der Waals surface area contributed by atoms with Crippen LogP contribution in [0.25, 0.3) is 10.9 Å². The number of carbonyl (C=O) groups is 2. The van der Waals surface area contributed by atoms with Crippen LogP contribution in [0.4, 0.5) is 4.79 Å². The number of rotatable bonds is 8. The van der Waals surface area contributed by atoms with E-state index in [4.69, 9.17) is 14.2 Å². The second kappa shape index (κ2) is 10.4. The fourth-order valence-corrected chi connectivity index (χ4v) is 3.48. The summed E-state index contributed by atoms with van der Waals surface area (Å²) in [6.45, 7) is 10.2. The summed E-state index contributed by atoms with van der Waals surface area (Å²) in [7, 11) is 0. The quantitative estimate of drug-likeness (QED) is 0.469. The largest absolute Gasteiger partial charge is 0.489 e. The molecule has 0 radical (unpaired) electrons. The zero-order valence-electron chi connectivity index (χ0n) is 19.9. The first kappa shape index (κ1) is 24.2. The lowest BCUT2D eigenvalue weighted by atomic mass is 10.2. The fourth-order valence-electron chi connectivity index (χ4n) is 3.48. The second-order valence-corrected chi connectivity index (χ2v) is 8.90. The zero-order chi connectivity index (χ0) is 24.0. The van der Waals surface area contributed by atoms with Crippen LogP contribution in [0.15, 0.2) is 54.6 Å². The zero-order valence-corrected chi connectivity index (χ0v) is 19.9. The van der Waals surface area contributed by atoms with Gasteiger partial charge in [-0.25, -0.2) is 9.59 Å². The van der Waals surface area contributed by atoms with Gasteiger partial charge in [-0.2, -0.15) is 0 Å². The van der Waals surface area contributed by atoms with Crippen LogP contribution in [-0.2, 0) is 22.6 Å². The van der Waals surface area contributed by atoms with Crippen molar-refractivity contribution in [2.24, 2.45) is 0 Å². The lowest BCUT2D eigenvalue weighted by Crippen LogP contribution is -2.40.